The average Bonchev–Trinajstić information content (AvgIpc) is 2.89. The summed E-state index contributed by atoms with van der Waals surface area (Å²) >= 11 is 0. The van der Waals surface area contributed by atoms with E-state index in [0.29, 0.717) is 0 Å². The molecule has 0 spiro atoms. The Bertz CT molecular complexity index is 319. The largest absolute Gasteiger partial charge is 0.392 e. The normalized spacial score (nSPS) is 18.1. The summed E-state index contributed by atoms with van der Waals surface area (Å²) < 4.78 is 0. The van der Waals surface area contributed by atoms with Gasteiger partial charge >= 0.3 is 0 Å². The molecule has 1 unspecified atom stereocenters. The number of hydrogen-bond donors (Lipinski definition) is 2. The Morgan fingerprint density at radius 2 is 1.89 bits per heavy atom. The van der Waals surface area contributed by atoms with E-state index in [1.54, 1.807) is 0 Å². The monoisotopic (exact) mass is 247 g/mol. The molecule has 0 aromatic heterocycles. The van der Waals surface area contributed by atoms with Gasteiger partial charge in [0.15, 0.2) is 0 Å². The standard InChI is InChI=1S/C16H25NO/c18-16(12-15-8-4-5-9-15)13-17-11-10-14-6-2-1-3-7-14/h1-3,6-7,15-18H,4-5,8-13H2. The van der Waals surface area contributed by atoms with Gasteiger partial charge in [0, 0.05) is 6.54 Å². The van der Waals surface area contributed by atoms with Crippen LogP contribution in [0.4, 0.5) is 0 Å². The van der Waals surface area contributed by atoms with Crippen LogP contribution < -0.4 is 5.32 Å². The molecule has 18 heavy (non-hydrogen) atoms. The molecule has 1 saturated carbocycles. The number of aliphatic hydroxyl groups is 1. The molecule has 1 fully saturated rings. The van der Waals surface area contributed by atoms with Gasteiger partial charge in [0.1, 0.15) is 0 Å². The maximum atomic E-state index is 9.94. The quantitative estimate of drug-likeness (QED) is 0.726. The maximum absolute atomic E-state index is 9.94. The average molecular weight is 247 g/mol. The summed E-state index contributed by atoms with van der Waals surface area (Å²) in [6.45, 7) is 1.69. The van der Waals surface area contributed by atoms with Gasteiger partial charge < -0.3 is 10.4 Å². The van der Waals surface area contributed by atoms with Crippen molar-refractivity contribution in [1.82, 2.24) is 5.32 Å². The van der Waals surface area contributed by atoms with Crippen molar-refractivity contribution in [3.8, 4) is 0 Å². The summed E-state index contributed by atoms with van der Waals surface area (Å²) in [6.07, 6.45) is 7.22. The van der Waals surface area contributed by atoms with Gasteiger partial charge in [-0.05, 0) is 30.9 Å². The minimum atomic E-state index is -0.163. The molecule has 0 saturated heterocycles. The first-order chi connectivity index (χ1) is 8.84. The zero-order chi connectivity index (χ0) is 12.6. The Morgan fingerprint density at radius 3 is 2.61 bits per heavy atom. The lowest BCUT2D eigenvalue weighted by Crippen LogP contribution is -2.29. The third-order valence-electron chi connectivity index (χ3n) is 3.89. The highest BCUT2D eigenvalue weighted by molar-refractivity contribution is 5.14. The molecule has 1 atom stereocenters. The van der Waals surface area contributed by atoms with Crippen LogP contribution >= 0.6 is 0 Å². The summed E-state index contributed by atoms with van der Waals surface area (Å²) in [7, 11) is 0. The molecule has 2 heteroatoms. The van der Waals surface area contributed by atoms with Gasteiger partial charge in [0.25, 0.3) is 0 Å². The third kappa shape index (κ3) is 4.79. The fourth-order valence-electron chi connectivity index (χ4n) is 2.86. The van der Waals surface area contributed by atoms with Crippen molar-refractivity contribution in [2.45, 2.75) is 44.6 Å². The van der Waals surface area contributed by atoms with Crippen molar-refractivity contribution in [3.63, 3.8) is 0 Å². The van der Waals surface area contributed by atoms with Crippen molar-refractivity contribution in [2.24, 2.45) is 5.92 Å². The molecule has 1 aliphatic carbocycles. The van der Waals surface area contributed by atoms with Crippen molar-refractivity contribution < 1.29 is 5.11 Å². The lowest BCUT2D eigenvalue weighted by molar-refractivity contribution is 0.141. The highest BCUT2D eigenvalue weighted by Gasteiger charge is 2.18. The molecule has 1 aromatic rings. The second-order valence-electron chi connectivity index (χ2n) is 5.48. The molecule has 0 heterocycles. The van der Waals surface area contributed by atoms with Crippen molar-refractivity contribution in [1.29, 1.82) is 0 Å². The Morgan fingerprint density at radius 1 is 1.17 bits per heavy atom. The molecule has 1 aromatic carbocycles. The highest BCUT2D eigenvalue weighted by Crippen LogP contribution is 2.28. The van der Waals surface area contributed by atoms with Crippen LogP contribution in [0.5, 0.6) is 0 Å². The van der Waals surface area contributed by atoms with Crippen molar-refractivity contribution in [2.75, 3.05) is 13.1 Å². The Kier molecular flexibility index (Phi) is 5.69. The number of rotatable bonds is 7. The molecule has 2 N–H and O–H groups in total. The lowest BCUT2D eigenvalue weighted by Gasteiger charge is -2.15. The minimum absolute atomic E-state index is 0.163. The predicted molar refractivity (Wildman–Crippen MR) is 75.6 cm³/mol. The smallest absolute Gasteiger partial charge is 0.0667 e. The van der Waals surface area contributed by atoms with Gasteiger partial charge in [-0.1, -0.05) is 56.0 Å². The van der Waals surface area contributed by atoms with Crippen LogP contribution in [0.1, 0.15) is 37.7 Å². The summed E-state index contributed by atoms with van der Waals surface area (Å²) in [5, 5.41) is 13.3. The number of benzene rings is 1. The van der Waals surface area contributed by atoms with Gasteiger partial charge in [-0.3, -0.25) is 0 Å². The Hall–Kier alpha value is -0.860. The molecule has 100 valence electrons. The molecule has 1 aliphatic rings. The topological polar surface area (TPSA) is 32.3 Å². The molecule has 0 aliphatic heterocycles. The van der Waals surface area contributed by atoms with E-state index in [1.807, 2.05) is 6.07 Å². The van der Waals surface area contributed by atoms with Crippen LogP contribution in [0.25, 0.3) is 0 Å². The number of nitrogens with one attached hydrogen (secondary N) is 1. The molecule has 2 nitrogen and oxygen atoms in total. The minimum Gasteiger partial charge on any atom is -0.392 e. The van der Waals surface area contributed by atoms with E-state index in [-0.39, 0.29) is 6.10 Å². The van der Waals surface area contributed by atoms with Crippen molar-refractivity contribution in [3.05, 3.63) is 35.9 Å². The van der Waals surface area contributed by atoms with E-state index in [4.69, 9.17) is 0 Å². The fraction of sp³-hybridized carbons (Fsp3) is 0.625. The number of hydrogen-bond acceptors (Lipinski definition) is 2. The first-order valence-corrected chi connectivity index (χ1v) is 7.27. The van der Waals surface area contributed by atoms with E-state index in [0.717, 1.165) is 31.8 Å². The summed E-state index contributed by atoms with van der Waals surface area (Å²) in [6, 6.07) is 10.5. The molecule has 0 radical (unpaired) electrons. The Balaban J connectivity index is 1.54. The Labute approximate surface area is 110 Å². The van der Waals surface area contributed by atoms with Crippen LogP contribution in [0, 0.1) is 5.92 Å². The van der Waals surface area contributed by atoms with E-state index >= 15 is 0 Å². The molecule has 2 rings (SSSR count). The van der Waals surface area contributed by atoms with E-state index in [9.17, 15) is 5.11 Å². The van der Waals surface area contributed by atoms with E-state index < -0.39 is 0 Å². The summed E-state index contributed by atoms with van der Waals surface area (Å²) in [5.41, 5.74) is 1.36. The third-order valence-corrected chi connectivity index (χ3v) is 3.89. The number of aliphatic hydroxyl groups excluding tert-OH is 1. The second kappa shape index (κ2) is 7.55. The van der Waals surface area contributed by atoms with Gasteiger partial charge in [-0.25, -0.2) is 0 Å². The molecule has 0 bridgehead atoms. The lowest BCUT2D eigenvalue weighted by atomic mass is 10.00. The highest BCUT2D eigenvalue weighted by atomic mass is 16.3. The first kappa shape index (κ1) is 13.6. The first-order valence-electron chi connectivity index (χ1n) is 7.27. The van der Waals surface area contributed by atoms with Gasteiger partial charge in [-0.15, -0.1) is 0 Å². The zero-order valence-electron chi connectivity index (χ0n) is 11.1. The second-order valence-corrected chi connectivity index (χ2v) is 5.48. The molecular formula is C16H25NO. The van der Waals surface area contributed by atoms with Crippen LogP contribution in [-0.4, -0.2) is 24.3 Å². The van der Waals surface area contributed by atoms with E-state index in [1.165, 1.54) is 31.2 Å². The summed E-state index contributed by atoms with van der Waals surface area (Å²) in [4.78, 5) is 0. The van der Waals surface area contributed by atoms with Crippen LogP contribution in [-0.2, 0) is 6.42 Å². The SMILES string of the molecule is OC(CNCCc1ccccc1)CC1CCCC1. The zero-order valence-corrected chi connectivity index (χ0v) is 11.1. The van der Waals surface area contributed by atoms with Crippen molar-refractivity contribution >= 4 is 0 Å². The molecular weight excluding hydrogens is 222 g/mol. The maximum Gasteiger partial charge on any atom is 0.0667 e. The van der Waals surface area contributed by atoms with Crippen LogP contribution in [0.3, 0.4) is 0 Å². The van der Waals surface area contributed by atoms with Crippen LogP contribution in [0.15, 0.2) is 30.3 Å². The predicted octanol–water partition coefficient (Wildman–Crippen LogP) is 2.76. The fourth-order valence-corrected chi connectivity index (χ4v) is 2.86. The van der Waals surface area contributed by atoms with Gasteiger partial charge in [-0.2, -0.15) is 0 Å². The van der Waals surface area contributed by atoms with Gasteiger partial charge in [0.05, 0.1) is 6.10 Å². The van der Waals surface area contributed by atoms with Gasteiger partial charge in [0.2, 0.25) is 0 Å². The summed E-state index contributed by atoms with van der Waals surface area (Å²) in [5.74, 6) is 0.774. The van der Waals surface area contributed by atoms with Crippen LogP contribution in [0.2, 0.25) is 0 Å². The van der Waals surface area contributed by atoms with E-state index in [2.05, 4.69) is 29.6 Å². The molecule has 0 amide bonds.